The van der Waals surface area contributed by atoms with Gasteiger partial charge in [-0.3, -0.25) is 14.9 Å². The summed E-state index contributed by atoms with van der Waals surface area (Å²) in [7, 11) is 0. The SMILES string of the molecule is CC(C)(C)Cc1cc(NC(=O)C2(C)Oc3ccccc3NC2=O)on1. The van der Waals surface area contributed by atoms with Gasteiger partial charge in [-0.15, -0.1) is 0 Å². The van der Waals surface area contributed by atoms with Gasteiger partial charge in [-0.25, -0.2) is 0 Å². The van der Waals surface area contributed by atoms with E-state index in [4.69, 9.17) is 9.26 Å². The van der Waals surface area contributed by atoms with Gasteiger partial charge in [0.2, 0.25) is 5.88 Å². The van der Waals surface area contributed by atoms with Gasteiger partial charge in [0.05, 0.1) is 11.4 Å². The van der Waals surface area contributed by atoms with Crippen LogP contribution in [0, 0.1) is 5.41 Å². The molecule has 1 aromatic carbocycles. The highest BCUT2D eigenvalue weighted by atomic mass is 16.5. The van der Waals surface area contributed by atoms with Crippen LogP contribution in [-0.2, 0) is 16.0 Å². The van der Waals surface area contributed by atoms with Gasteiger partial charge in [0, 0.05) is 6.07 Å². The van der Waals surface area contributed by atoms with Crippen LogP contribution >= 0.6 is 0 Å². The lowest BCUT2D eigenvalue weighted by Gasteiger charge is -2.32. The van der Waals surface area contributed by atoms with Crippen LogP contribution < -0.4 is 15.4 Å². The molecule has 2 heterocycles. The number of nitrogens with one attached hydrogen (secondary N) is 2. The van der Waals surface area contributed by atoms with Gasteiger partial charge in [-0.2, -0.15) is 0 Å². The number of anilines is 2. The lowest BCUT2D eigenvalue weighted by molar-refractivity contribution is -0.143. The monoisotopic (exact) mass is 343 g/mol. The van der Waals surface area contributed by atoms with E-state index in [9.17, 15) is 9.59 Å². The Kier molecular flexibility index (Phi) is 4.02. The van der Waals surface area contributed by atoms with Crippen molar-refractivity contribution in [3.8, 4) is 5.75 Å². The first kappa shape index (κ1) is 17.0. The van der Waals surface area contributed by atoms with Gasteiger partial charge in [0.15, 0.2) is 0 Å². The molecule has 2 amide bonds. The number of para-hydroxylation sites is 2. The number of nitrogens with zero attached hydrogens (tertiary/aromatic N) is 1. The second-order valence-electron chi connectivity index (χ2n) is 7.46. The summed E-state index contributed by atoms with van der Waals surface area (Å²) < 4.78 is 10.8. The molecule has 2 N–H and O–H groups in total. The number of carbonyl (C=O) groups excluding carboxylic acids is 2. The number of hydrogen-bond acceptors (Lipinski definition) is 5. The van der Waals surface area contributed by atoms with Crippen LogP contribution in [0.4, 0.5) is 11.6 Å². The van der Waals surface area contributed by atoms with Crippen LogP contribution in [0.1, 0.15) is 33.4 Å². The van der Waals surface area contributed by atoms with Crippen molar-refractivity contribution in [1.29, 1.82) is 0 Å². The minimum Gasteiger partial charge on any atom is -0.466 e. The summed E-state index contributed by atoms with van der Waals surface area (Å²) in [6.07, 6.45) is 0.702. The van der Waals surface area contributed by atoms with E-state index in [0.29, 0.717) is 17.9 Å². The Morgan fingerprint density at radius 3 is 2.76 bits per heavy atom. The molecule has 7 nitrogen and oxygen atoms in total. The summed E-state index contributed by atoms with van der Waals surface area (Å²) in [6.45, 7) is 7.66. The quantitative estimate of drug-likeness (QED) is 0.836. The molecule has 0 saturated heterocycles. The molecule has 1 atom stereocenters. The number of ether oxygens (including phenoxy) is 1. The Balaban J connectivity index is 1.76. The van der Waals surface area contributed by atoms with Crippen molar-refractivity contribution < 1.29 is 18.8 Å². The second-order valence-corrected chi connectivity index (χ2v) is 7.46. The Hall–Kier alpha value is -2.83. The minimum atomic E-state index is -1.70. The predicted octanol–water partition coefficient (Wildman–Crippen LogP) is 2.99. The largest absolute Gasteiger partial charge is 0.466 e. The Morgan fingerprint density at radius 1 is 1.32 bits per heavy atom. The van der Waals surface area contributed by atoms with E-state index in [1.165, 1.54) is 6.92 Å². The molecule has 2 aromatic rings. The smallest absolute Gasteiger partial charge is 0.280 e. The van der Waals surface area contributed by atoms with Crippen molar-refractivity contribution in [2.24, 2.45) is 5.41 Å². The molecule has 0 fully saturated rings. The van der Waals surface area contributed by atoms with Gasteiger partial charge in [-0.05, 0) is 30.9 Å². The molecule has 0 spiro atoms. The summed E-state index contributed by atoms with van der Waals surface area (Å²) in [5.74, 6) is -0.553. The summed E-state index contributed by atoms with van der Waals surface area (Å²) in [5, 5.41) is 9.19. The third kappa shape index (κ3) is 3.50. The maximum atomic E-state index is 12.6. The normalized spacial score (nSPS) is 19.6. The zero-order valence-electron chi connectivity index (χ0n) is 14.7. The molecule has 0 radical (unpaired) electrons. The van der Waals surface area contributed by atoms with Crippen molar-refractivity contribution in [3.63, 3.8) is 0 Å². The molecule has 25 heavy (non-hydrogen) atoms. The minimum absolute atomic E-state index is 0.0419. The number of hydrogen-bond donors (Lipinski definition) is 2. The molecule has 1 aromatic heterocycles. The fourth-order valence-electron chi connectivity index (χ4n) is 2.54. The van der Waals surface area contributed by atoms with Crippen LogP contribution in [0.3, 0.4) is 0 Å². The molecule has 1 aliphatic rings. The molecular formula is C18H21N3O4. The molecule has 3 rings (SSSR count). The van der Waals surface area contributed by atoms with Gasteiger partial charge in [0.1, 0.15) is 5.75 Å². The van der Waals surface area contributed by atoms with E-state index in [-0.39, 0.29) is 11.3 Å². The fourth-order valence-corrected chi connectivity index (χ4v) is 2.54. The van der Waals surface area contributed by atoms with E-state index in [1.807, 2.05) is 0 Å². The van der Waals surface area contributed by atoms with Crippen molar-refractivity contribution in [2.45, 2.75) is 39.7 Å². The lowest BCUT2D eigenvalue weighted by atomic mass is 9.91. The first-order valence-corrected chi connectivity index (χ1v) is 8.04. The van der Waals surface area contributed by atoms with Gasteiger partial charge in [0.25, 0.3) is 17.4 Å². The molecule has 1 unspecified atom stereocenters. The van der Waals surface area contributed by atoms with E-state index in [0.717, 1.165) is 5.69 Å². The number of fused-ring (bicyclic) bond motifs is 1. The summed E-state index contributed by atoms with van der Waals surface area (Å²) in [6, 6.07) is 8.59. The summed E-state index contributed by atoms with van der Waals surface area (Å²) in [4.78, 5) is 25.0. The number of benzene rings is 1. The predicted molar refractivity (Wildman–Crippen MR) is 92.4 cm³/mol. The maximum absolute atomic E-state index is 12.6. The van der Waals surface area contributed by atoms with E-state index in [2.05, 4.69) is 36.6 Å². The molecule has 0 saturated carbocycles. The third-order valence-corrected chi connectivity index (χ3v) is 3.82. The zero-order valence-corrected chi connectivity index (χ0v) is 14.7. The molecule has 0 bridgehead atoms. The molecule has 132 valence electrons. The zero-order chi connectivity index (χ0) is 18.2. The Bertz CT molecular complexity index is 822. The van der Waals surface area contributed by atoms with Crippen LogP contribution in [0.5, 0.6) is 5.75 Å². The summed E-state index contributed by atoms with van der Waals surface area (Å²) in [5.41, 5.74) is -0.400. The van der Waals surface area contributed by atoms with E-state index < -0.39 is 17.4 Å². The maximum Gasteiger partial charge on any atom is 0.280 e. The van der Waals surface area contributed by atoms with Gasteiger partial charge in [-0.1, -0.05) is 38.1 Å². The number of rotatable bonds is 3. The van der Waals surface area contributed by atoms with E-state index >= 15 is 0 Å². The number of aromatic nitrogens is 1. The molecule has 1 aliphatic heterocycles. The average molecular weight is 343 g/mol. The standard InChI is InChI=1S/C18H21N3O4/c1-17(2,3)10-11-9-14(25-21-11)20-16(23)18(4)15(22)19-12-7-5-6-8-13(12)24-18/h5-9H,10H2,1-4H3,(H,19,22)(H,20,23). The number of amides is 2. The highest BCUT2D eigenvalue weighted by molar-refractivity contribution is 6.18. The van der Waals surface area contributed by atoms with Crippen molar-refractivity contribution in [2.75, 3.05) is 10.6 Å². The van der Waals surface area contributed by atoms with Gasteiger partial charge < -0.3 is 14.6 Å². The first-order valence-electron chi connectivity index (χ1n) is 8.04. The lowest BCUT2D eigenvalue weighted by Crippen LogP contribution is -2.56. The van der Waals surface area contributed by atoms with Crippen LogP contribution in [0.2, 0.25) is 0 Å². The van der Waals surface area contributed by atoms with Gasteiger partial charge >= 0.3 is 0 Å². The Morgan fingerprint density at radius 2 is 2.04 bits per heavy atom. The molecule has 7 heteroatoms. The Labute approximate surface area is 145 Å². The van der Waals surface area contributed by atoms with Crippen molar-refractivity contribution in [1.82, 2.24) is 5.16 Å². The summed E-state index contributed by atoms with van der Waals surface area (Å²) >= 11 is 0. The van der Waals surface area contributed by atoms with Crippen LogP contribution in [0.15, 0.2) is 34.9 Å². The van der Waals surface area contributed by atoms with Crippen molar-refractivity contribution >= 4 is 23.4 Å². The second kappa shape index (κ2) is 5.91. The third-order valence-electron chi connectivity index (χ3n) is 3.82. The van der Waals surface area contributed by atoms with Crippen LogP contribution in [-0.4, -0.2) is 22.6 Å². The van der Waals surface area contributed by atoms with Crippen molar-refractivity contribution in [3.05, 3.63) is 36.0 Å². The highest BCUT2D eigenvalue weighted by Crippen LogP contribution is 2.34. The average Bonchev–Trinajstić information content (AvgIpc) is 2.93. The topological polar surface area (TPSA) is 93.5 Å². The molecule has 0 aliphatic carbocycles. The van der Waals surface area contributed by atoms with E-state index in [1.54, 1.807) is 30.3 Å². The van der Waals surface area contributed by atoms with Crippen LogP contribution in [0.25, 0.3) is 0 Å². The molecular weight excluding hydrogens is 322 g/mol. The fraction of sp³-hybridized carbons (Fsp3) is 0.389. The first-order chi connectivity index (χ1) is 11.7. The highest BCUT2D eigenvalue weighted by Gasteiger charge is 2.47. The number of carbonyl (C=O) groups is 2.